The van der Waals surface area contributed by atoms with Gasteiger partial charge in [0.25, 0.3) is 0 Å². The summed E-state index contributed by atoms with van der Waals surface area (Å²) < 4.78 is 0. The molecule has 0 atom stereocenters. The molecule has 1 radical (unpaired) electrons. The van der Waals surface area contributed by atoms with Crippen molar-refractivity contribution in [3.8, 4) is 0 Å². The van der Waals surface area contributed by atoms with Gasteiger partial charge in [-0.15, -0.1) is 0 Å². The van der Waals surface area contributed by atoms with Crippen molar-refractivity contribution in [2.45, 2.75) is 0 Å². The van der Waals surface area contributed by atoms with Gasteiger partial charge < -0.3 is 0 Å². The van der Waals surface area contributed by atoms with Gasteiger partial charge in [-0.05, 0) is 0 Å². The molecule has 15 valence electrons. The quantitative estimate of drug-likeness (QED) is 0.418. The van der Waals surface area contributed by atoms with Gasteiger partial charge in [-0.3, -0.25) is 0 Å². The standard InChI is InChI=1S/Al.Cu.Mg.Mn/q+3;+1;2*+2. The zero-order chi connectivity index (χ0) is 0. The Balaban J connectivity index is 0. The predicted molar refractivity (Wildman–Crippen MR) is 11.5 cm³/mol. The third-order valence-corrected chi connectivity index (χ3v) is 0. The summed E-state index contributed by atoms with van der Waals surface area (Å²) in [6.45, 7) is 0. The monoisotopic (exact) mass is 169 g/mol. The Kier molecular flexibility index (Phi) is 152. The molecule has 0 nitrogen and oxygen atoms in total. The van der Waals surface area contributed by atoms with E-state index < -0.39 is 0 Å². The topological polar surface area (TPSA) is 0 Å². The van der Waals surface area contributed by atoms with Gasteiger partial charge in [0.05, 0.1) is 0 Å². The minimum Gasteiger partial charge on any atom is 1.00 e. The van der Waals surface area contributed by atoms with Crippen LogP contribution in [0.25, 0.3) is 0 Å². The van der Waals surface area contributed by atoms with Gasteiger partial charge in [-0.2, -0.15) is 0 Å². The van der Waals surface area contributed by atoms with Gasteiger partial charge in [0.2, 0.25) is 0 Å². The van der Waals surface area contributed by atoms with E-state index in [2.05, 4.69) is 0 Å². The van der Waals surface area contributed by atoms with Crippen molar-refractivity contribution in [3.63, 3.8) is 0 Å². The predicted octanol–water partition coefficient (Wildman–Crippen LogP) is -0.767. The summed E-state index contributed by atoms with van der Waals surface area (Å²) >= 11 is 0. The van der Waals surface area contributed by atoms with Gasteiger partial charge in [0, 0.05) is 0 Å². The molecule has 0 aliphatic carbocycles. The maximum atomic E-state index is 0. The van der Waals surface area contributed by atoms with Gasteiger partial charge in [0.15, 0.2) is 0 Å². The SMILES string of the molecule is [Al+3].[Cu+].[Mg+2].[Mn+2]. The first-order valence-corrected chi connectivity index (χ1v) is 0. The van der Waals surface area contributed by atoms with Crippen molar-refractivity contribution in [1.82, 2.24) is 0 Å². The molecule has 0 amide bonds. The van der Waals surface area contributed by atoms with Crippen LogP contribution >= 0.6 is 0 Å². The van der Waals surface area contributed by atoms with Crippen LogP contribution in [0.2, 0.25) is 0 Å². The average molecular weight is 170 g/mol. The zero-order valence-electron chi connectivity index (χ0n) is 1.96. The van der Waals surface area contributed by atoms with Crippen molar-refractivity contribution in [1.29, 1.82) is 0 Å². The summed E-state index contributed by atoms with van der Waals surface area (Å²) in [5.41, 5.74) is 0. The van der Waals surface area contributed by atoms with Crippen LogP contribution in [0.4, 0.5) is 0 Å². The summed E-state index contributed by atoms with van der Waals surface area (Å²) in [6.07, 6.45) is 0. The fourth-order valence-corrected chi connectivity index (χ4v) is 0. The summed E-state index contributed by atoms with van der Waals surface area (Å²) in [6, 6.07) is 0. The van der Waals surface area contributed by atoms with Crippen LogP contribution in [0.1, 0.15) is 0 Å². The fourth-order valence-electron chi connectivity index (χ4n) is 0. The molecule has 0 unspecified atom stereocenters. The molecule has 0 aromatic rings. The van der Waals surface area contributed by atoms with Gasteiger partial charge in [-0.1, -0.05) is 0 Å². The molecule has 0 N–H and O–H groups in total. The minimum atomic E-state index is 0. The van der Waals surface area contributed by atoms with Gasteiger partial charge in [-0.25, -0.2) is 0 Å². The number of hydrogen-bond donors (Lipinski definition) is 0. The fraction of sp³-hybridized carbons (Fsp3) is 0. The Morgan fingerprint density at radius 1 is 1.00 bits per heavy atom. The Labute approximate surface area is 73.7 Å². The normalized spacial score (nSPS) is 0. The van der Waals surface area contributed by atoms with Crippen LogP contribution in [-0.4, -0.2) is 40.4 Å². The van der Waals surface area contributed by atoms with E-state index in [-0.39, 0.29) is 74.6 Å². The third-order valence-electron chi connectivity index (χ3n) is 0. The van der Waals surface area contributed by atoms with E-state index in [1.165, 1.54) is 0 Å². The first kappa shape index (κ1) is 33.0. The molecule has 4 heteroatoms. The molecule has 0 rings (SSSR count). The van der Waals surface area contributed by atoms with Crippen LogP contribution in [-0.2, 0) is 34.1 Å². The van der Waals surface area contributed by atoms with E-state index in [1.807, 2.05) is 0 Å². The van der Waals surface area contributed by atoms with Crippen molar-refractivity contribution >= 4 is 40.4 Å². The van der Waals surface area contributed by atoms with Crippen molar-refractivity contribution in [2.75, 3.05) is 0 Å². The average Bonchev–Trinajstić information content (AvgIpc) is 0. The van der Waals surface area contributed by atoms with E-state index in [0.29, 0.717) is 0 Å². The smallest absolute Gasteiger partial charge is 1.00 e. The molecule has 0 aromatic carbocycles. The second kappa shape index (κ2) is 18.4. The summed E-state index contributed by atoms with van der Waals surface area (Å²) in [4.78, 5) is 0. The molecule has 0 aliphatic heterocycles. The third kappa shape index (κ3) is 8.84. The van der Waals surface area contributed by atoms with Crippen molar-refractivity contribution in [3.05, 3.63) is 0 Å². The Morgan fingerprint density at radius 3 is 1.00 bits per heavy atom. The molecule has 0 aromatic heterocycles. The maximum Gasteiger partial charge on any atom is 3.00 e. The molecule has 0 heterocycles. The van der Waals surface area contributed by atoms with Crippen LogP contribution < -0.4 is 0 Å². The number of rotatable bonds is 0. The van der Waals surface area contributed by atoms with Gasteiger partial charge in [0.1, 0.15) is 0 Å². The van der Waals surface area contributed by atoms with Crippen molar-refractivity contribution < 1.29 is 34.1 Å². The van der Waals surface area contributed by atoms with Crippen LogP contribution in [0.5, 0.6) is 0 Å². The molecule has 0 spiro atoms. The van der Waals surface area contributed by atoms with Crippen LogP contribution in [0, 0.1) is 0 Å². The van der Waals surface area contributed by atoms with Crippen LogP contribution in [0.3, 0.4) is 0 Å². The molecule has 4 heavy (non-hydrogen) atoms. The minimum absolute atomic E-state index is 0. The molecule has 0 saturated heterocycles. The maximum absolute atomic E-state index is 0. The molecule has 0 saturated carbocycles. The first-order chi connectivity index (χ1) is 0. The molecule has 0 bridgehead atoms. The molecular formula is AlCuMgMn+8. The zero-order valence-corrected chi connectivity index (χ0v) is 6.65. The Hall–Kier alpha value is 2.34. The van der Waals surface area contributed by atoms with E-state index in [0.717, 1.165) is 0 Å². The van der Waals surface area contributed by atoms with Crippen molar-refractivity contribution in [2.24, 2.45) is 0 Å². The summed E-state index contributed by atoms with van der Waals surface area (Å²) in [7, 11) is 0. The molecule has 0 fully saturated rings. The summed E-state index contributed by atoms with van der Waals surface area (Å²) in [5.74, 6) is 0. The van der Waals surface area contributed by atoms with E-state index in [1.54, 1.807) is 0 Å². The second-order valence-corrected chi connectivity index (χ2v) is 0. The van der Waals surface area contributed by atoms with E-state index in [9.17, 15) is 0 Å². The molecule has 0 aliphatic rings. The Bertz CT molecular complexity index is 8.00. The largest absolute Gasteiger partial charge is 3.00 e. The molecular weight excluding hydrogens is 170 g/mol. The van der Waals surface area contributed by atoms with E-state index in [4.69, 9.17) is 0 Å². The number of hydrogen-bond acceptors (Lipinski definition) is 0. The summed E-state index contributed by atoms with van der Waals surface area (Å²) in [5, 5.41) is 0. The van der Waals surface area contributed by atoms with E-state index >= 15 is 0 Å². The van der Waals surface area contributed by atoms with Crippen LogP contribution in [0.15, 0.2) is 0 Å². The Morgan fingerprint density at radius 2 is 1.00 bits per heavy atom. The second-order valence-electron chi connectivity index (χ2n) is 0. The van der Waals surface area contributed by atoms with Gasteiger partial charge >= 0.3 is 74.6 Å². The first-order valence-electron chi connectivity index (χ1n) is 0.